The number of cyclic esters (lactones) is 1. The molecule has 0 bridgehead atoms. The fourth-order valence-corrected chi connectivity index (χ4v) is 2.99. The summed E-state index contributed by atoms with van der Waals surface area (Å²) in [6.07, 6.45) is 2.30. The van der Waals surface area contributed by atoms with Crippen molar-refractivity contribution in [2.45, 2.75) is 49.6 Å². The van der Waals surface area contributed by atoms with Crippen molar-refractivity contribution in [1.29, 1.82) is 0 Å². The fourth-order valence-electron chi connectivity index (χ4n) is 1.87. The molecule has 5 nitrogen and oxygen atoms in total. The van der Waals surface area contributed by atoms with E-state index in [0.29, 0.717) is 11.6 Å². The Labute approximate surface area is 109 Å². The van der Waals surface area contributed by atoms with Crippen LogP contribution >= 0.6 is 11.8 Å². The number of rotatable bonds is 4. The average molecular weight is 268 g/mol. The summed E-state index contributed by atoms with van der Waals surface area (Å²) in [6.45, 7) is 3.90. The Bertz CT molecular complexity index is 500. The van der Waals surface area contributed by atoms with Gasteiger partial charge in [0.25, 0.3) is 5.56 Å². The summed E-state index contributed by atoms with van der Waals surface area (Å²) in [5.74, 6) is -0.226. The summed E-state index contributed by atoms with van der Waals surface area (Å²) < 4.78 is 5.07. The minimum absolute atomic E-state index is 0.0550. The van der Waals surface area contributed by atoms with Crippen molar-refractivity contribution in [3.05, 3.63) is 22.1 Å². The summed E-state index contributed by atoms with van der Waals surface area (Å²) in [5.41, 5.74) is 0.596. The Morgan fingerprint density at radius 1 is 1.56 bits per heavy atom. The van der Waals surface area contributed by atoms with Crippen LogP contribution in [0.15, 0.2) is 16.0 Å². The normalized spacial score (nSPS) is 23.1. The molecule has 18 heavy (non-hydrogen) atoms. The van der Waals surface area contributed by atoms with E-state index in [1.165, 1.54) is 17.8 Å². The summed E-state index contributed by atoms with van der Waals surface area (Å²) in [5, 5.41) is 0.238. The lowest BCUT2D eigenvalue weighted by atomic mass is 10.2. The molecule has 2 atom stereocenters. The van der Waals surface area contributed by atoms with Crippen LogP contribution in [0.2, 0.25) is 0 Å². The van der Waals surface area contributed by atoms with Gasteiger partial charge in [-0.2, -0.15) is 0 Å². The highest BCUT2D eigenvalue weighted by atomic mass is 32.2. The van der Waals surface area contributed by atoms with Gasteiger partial charge in [-0.25, -0.2) is 4.98 Å². The van der Waals surface area contributed by atoms with Crippen LogP contribution in [-0.4, -0.2) is 27.3 Å². The average Bonchev–Trinajstić information content (AvgIpc) is 2.57. The van der Waals surface area contributed by atoms with Crippen molar-refractivity contribution in [2.75, 3.05) is 0 Å². The van der Waals surface area contributed by atoms with Gasteiger partial charge in [0.2, 0.25) is 0 Å². The second kappa shape index (κ2) is 5.56. The van der Waals surface area contributed by atoms with Crippen molar-refractivity contribution < 1.29 is 9.53 Å². The van der Waals surface area contributed by atoms with Crippen LogP contribution in [-0.2, 0) is 16.0 Å². The molecule has 2 rings (SSSR count). The molecular formula is C12H16N2O3S. The number of esters is 1. The zero-order valence-corrected chi connectivity index (χ0v) is 11.3. The first-order valence-corrected chi connectivity index (χ1v) is 6.94. The van der Waals surface area contributed by atoms with Crippen molar-refractivity contribution >= 4 is 17.7 Å². The van der Waals surface area contributed by atoms with Crippen molar-refractivity contribution in [3.63, 3.8) is 0 Å². The standard InChI is InChI=1S/C12H16N2O3S/c1-3-4-8-6-10(15)14-12(13-8)18-9-5-7(2)17-11(9)16/h6-7,9H,3-5H2,1-2H3,(H,13,14,15)/t7-,9+/m0/s1. The van der Waals surface area contributed by atoms with Crippen LogP contribution < -0.4 is 5.56 Å². The Balaban J connectivity index is 2.13. The van der Waals surface area contributed by atoms with Crippen molar-refractivity contribution in [1.82, 2.24) is 9.97 Å². The van der Waals surface area contributed by atoms with Crippen molar-refractivity contribution in [3.8, 4) is 0 Å². The van der Waals surface area contributed by atoms with Crippen LogP contribution in [0.25, 0.3) is 0 Å². The second-order valence-electron chi connectivity index (χ2n) is 4.38. The molecule has 1 aromatic heterocycles. The number of H-pyrrole nitrogens is 1. The van der Waals surface area contributed by atoms with E-state index >= 15 is 0 Å². The predicted octanol–water partition coefficient (Wildman–Crippen LogP) is 1.52. The molecule has 1 N–H and O–H groups in total. The third-order valence-corrected chi connectivity index (χ3v) is 3.75. The number of hydrogen-bond donors (Lipinski definition) is 1. The zero-order chi connectivity index (χ0) is 13.1. The van der Waals surface area contributed by atoms with E-state index in [1.54, 1.807) is 0 Å². The number of aromatic amines is 1. The highest BCUT2D eigenvalue weighted by Crippen LogP contribution is 2.29. The van der Waals surface area contributed by atoms with Crippen LogP contribution in [0.5, 0.6) is 0 Å². The first-order chi connectivity index (χ1) is 8.58. The van der Waals surface area contributed by atoms with E-state index in [4.69, 9.17) is 4.74 Å². The zero-order valence-electron chi connectivity index (χ0n) is 10.4. The number of nitrogens with zero attached hydrogens (tertiary/aromatic N) is 1. The van der Waals surface area contributed by atoms with Gasteiger partial charge in [-0.15, -0.1) is 0 Å². The Hall–Kier alpha value is -1.30. The molecule has 0 saturated carbocycles. The maximum atomic E-state index is 11.5. The number of thioether (sulfide) groups is 1. The van der Waals surface area contributed by atoms with Gasteiger partial charge in [0.1, 0.15) is 11.4 Å². The van der Waals surface area contributed by atoms with Gasteiger partial charge in [-0.05, 0) is 13.3 Å². The molecule has 0 spiro atoms. The molecule has 6 heteroatoms. The predicted molar refractivity (Wildman–Crippen MR) is 68.7 cm³/mol. The van der Waals surface area contributed by atoms with E-state index in [0.717, 1.165) is 18.5 Å². The smallest absolute Gasteiger partial charge is 0.319 e. The number of carbonyl (C=O) groups is 1. The highest BCUT2D eigenvalue weighted by molar-refractivity contribution is 8.00. The van der Waals surface area contributed by atoms with Gasteiger partial charge in [0, 0.05) is 18.2 Å². The minimum atomic E-state index is -0.264. The van der Waals surface area contributed by atoms with Crippen LogP contribution in [0.3, 0.4) is 0 Å². The molecule has 0 unspecified atom stereocenters. The Morgan fingerprint density at radius 3 is 2.94 bits per heavy atom. The first-order valence-electron chi connectivity index (χ1n) is 6.06. The van der Waals surface area contributed by atoms with Gasteiger partial charge in [-0.1, -0.05) is 25.1 Å². The van der Waals surface area contributed by atoms with E-state index < -0.39 is 0 Å². The molecule has 1 aliphatic rings. The molecule has 0 aromatic carbocycles. The monoisotopic (exact) mass is 268 g/mol. The highest BCUT2D eigenvalue weighted by Gasteiger charge is 2.33. The maximum Gasteiger partial charge on any atom is 0.319 e. The molecule has 2 heterocycles. The number of aryl methyl sites for hydroxylation is 1. The van der Waals surface area contributed by atoms with E-state index in [1.807, 2.05) is 13.8 Å². The molecule has 98 valence electrons. The van der Waals surface area contributed by atoms with Gasteiger partial charge in [0.15, 0.2) is 5.16 Å². The number of aromatic nitrogens is 2. The maximum absolute atomic E-state index is 11.5. The number of ether oxygens (including phenoxy) is 1. The topological polar surface area (TPSA) is 72.1 Å². The number of nitrogens with one attached hydrogen (secondary N) is 1. The lowest BCUT2D eigenvalue weighted by Gasteiger charge is -2.05. The molecule has 0 aliphatic carbocycles. The largest absolute Gasteiger partial charge is 0.462 e. The Kier molecular flexibility index (Phi) is 4.06. The van der Waals surface area contributed by atoms with Gasteiger partial charge < -0.3 is 9.72 Å². The van der Waals surface area contributed by atoms with E-state index in [2.05, 4.69) is 9.97 Å². The number of carbonyl (C=O) groups excluding carboxylic acids is 1. The van der Waals surface area contributed by atoms with Gasteiger partial charge in [-0.3, -0.25) is 9.59 Å². The van der Waals surface area contributed by atoms with E-state index in [9.17, 15) is 9.59 Å². The second-order valence-corrected chi connectivity index (χ2v) is 5.57. The fraction of sp³-hybridized carbons (Fsp3) is 0.583. The van der Waals surface area contributed by atoms with Gasteiger partial charge in [0.05, 0.1) is 0 Å². The summed E-state index contributed by atoms with van der Waals surface area (Å²) in [7, 11) is 0. The number of hydrogen-bond acceptors (Lipinski definition) is 5. The van der Waals surface area contributed by atoms with E-state index in [-0.39, 0.29) is 22.9 Å². The SMILES string of the molecule is CCCc1cc(=O)[nH]c(S[C@@H]2C[C@H](C)OC2=O)n1. The quantitative estimate of drug-likeness (QED) is 0.662. The summed E-state index contributed by atoms with van der Waals surface area (Å²) in [4.78, 5) is 30.0. The lowest BCUT2D eigenvalue weighted by molar-refractivity contribution is -0.140. The Morgan fingerprint density at radius 2 is 2.33 bits per heavy atom. The third-order valence-electron chi connectivity index (χ3n) is 2.66. The summed E-state index contributed by atoms with van der Waals surface area (Å²) >= 11 is 1.28. The molecule has 1 fully saturated rings. The third kappa shape index (κ3) is 3.13. The molecule has 1 aliphatic heterocycles. The van der Waals surface area contributed by atoms with Crippen LogP contribution in [0.4, 0.5) is 0 Å². The lowest BCUT2D eigenvalue weighted by Crippen LogP contribution is -2.14. The van der Waals surface area contributed by atoms with Crippen LogP contribution in [0.1, 0.15) is 32.4 Å². The minimum Gasteiger partial charge on any atom is -0.462 e. The molecule has 1 aromatic rings. The molecule has 1 saturated heterocycles. The summed E-state index contributed by atoms with van der Waals surface area (Å²) in [6, 6.07) is 1.50. The molecule has 0 radical (unpaired) electrons. The van der Waals surface area contributed by atoms with Gasteiger partial charge >= 0.3 is 5.97 Å². The first kappa shape index (κ1) is 13.1. The van der Waals surface area contributed by atoms with Crippen molar-refractivity contribution in [2.24, 2.45) is 0 Å². The van der Waals surface area contributed by atoms with Crippen LogP contribution in [0, 0.1) is 0 Å². The molecule has 0 amide bonds. The molecular weight excluding hydrogens is 252 g/mol.